The SMILES string of the molecule is c1ccc(CCC(O[SiH2]CCC[SiH2]OC(CCc2ccccc2)c2ccccc2)c2ccccc2)cc1. The van der Waals surface area contributed by atoms with Gasteiger partial charge in [0.05, 0.1) is 12.2 Å². The number of hydrogen-bond acceptors (Lipinski definition) is 2. The Balaban J connectivity index is 1.19. The number of hydrogen-bond donors (Lipinski definition) is 0. The fourth-order valence-electron chi connectivity index (χ4n) is 4.74. The van der Waals surface area contributed by atoms with Gasteiger partial charge in [0, 0.05) is 0 Å². The summed E-state index contributed by atoms with van der Waals surface area (Å²) in [4.78, 5) is 0. The van der Waals surface area contributed by atoms with Crippen LogP contribution in [-0.2, 0) is 21.7 Å². The Bertz CT molecular complexity index is 1020. The lowest BCUT2D eigenvalue weighted by molar-refractivity contribution is 0.203. The summed E-state index contributed by atoms with van der Waals surface area (Å²) < 4.78 is 13.1. The Hall–Kier alpha value is -2.77. The highest BCUT2D eigenvalue weighted by molar-refractivity contribution is 6.29. The van der Waals surface area contributed by atoms with E-state index in [2.05, 4.69) is 121 Å². The highest BCUT2D eigenvalue weighted by Crippen LogP contribution is 2.25. The Morgan fingerprint density at radius 3 is 1.19 bits per heavy atom. The van der Waals surface area contributed by atoms with Gasteiger partial charge in [0.1, 0.15) is 0 Å². The van der Waals surface area contributed by atoms with E-state index in [0.717, 1.165) is 25.7 Å². The number of benzene rings is 4. The first kappa shape index (κ1) is 27.3. The van der Waals surface area contributed by atoms with Crippen LogP contribution in [0.2, 0.25) is 12.1 Å². The third-order valence-electron chi connectivity index (χ3n) is 6.85. The molecule has 0 radical (unpaired) electrons. The van der Waals surface area contributed by atoms with Crippen LogP contribution in [0, 0.1) is 0 Å². The standard InChI is InChI=1S/C33H40O2Si2/c1-5-14-28(15-6-1)22-24-32(30-18-9-3-10-19-30)34-36-26-13-27-37-35-33(31-20-11-4-12-21-31)25-23-29-16-7-2-8-17-29/h1-12,14-21,32-33H,13,22-27,36-37H2. The first-order chi connectivity index (χ1) is 18.4. The topological polar surface area (TPSA) is 18.5 Å². The molecule has 2 nitrogen and oxygen atoms in total. The smallest absolute Gasteiger partial charge is 0.162 e. The maximum Gasteiger partial charge on any atom is 0.162 e. The van der Waals surface area contributed by atoms with Crippen LogP contribution in [0.1, 0.15) is 53.7 Å². The lowest BCUT2D eigenvalue weighted by atomic mass is 10.0. The van der Waals surface area contributed by atoms with E-state index < -0.39 is 19.5 Å². The van der Waals surface area contributed by atoms with Crippen LogP contribution in [0.15, 0.2) is 121 Å². The van der Waals surface area contributed by atoms with E-state index in [0.29, 0.717) is 0 Å². The average Bonchev–Trinajstić information content (AvgIpc) is 2.97. The summed E-state index contributed by atoms with van der Waals surface area (Å²) in [6.45, 7) is 0. The summed E-state index contributed by atoms with van der Waals surface area (Å²) in [5.41, 5.74) is 5.40. The minimum atomic E-state index is -0.556. The first-order valence-corrected chi connectivity index (χ1v) is 16.9. The minimum absolute atomic E-state index is 0.210. The van der Waals surface area contributed by atoms with Crippen LogP contribution in [0.3, 0.4) is 0 Å². The molecule has 37 heavy (non-hydrogen) atoms. The molecule has 0 aliphatic rings. The zero-order valence-corrected chi connectivity index (χ0v) is 24.7. The molecule has 0 amide bonds. The largest absolute Gasteiger partial charge is 0.417 e. The van der Waals surface area contributed by atoms with Gasteiger partial charge in [-0.25, -0.2) is 0 Å². The van der Waals surface area contributed by atoms with Gasteiger partial charge in [-0.15, -0.1) is 0 Å². The van der Waals surface area contributed by atoms with E-state index in [4.69, 9.17) is 8.85 Å². The molecular formula is C33H40O2Si2. The molecule has 4 aromatic rings. The molecule has 0 N–H and O–H groups in total. The van der Waals surface area contributed by atoms with Crippen LogP contribution in [0.4, 0.5) is 0 Å². The highest BCUT2D eigenvalue weighted by atomic mass is 28.2. The van der Waals surface area contributed by atoms with Crippen LogP contribution in [0.5, 0.6) is 0 Å². The minimum Gasteiger partial charge on any atom is -0.417 e. The van der Waals surface area contributed by atoms with Gasteiger partial charge in [-0.2, -0.15) is 0 Å². The zero-order chi connectivity index (χ0) is 25.4. The zero-order valence-electron chi connectivity index (χ0n) is 21.9. The first-order valence-electron chi connectivity index (χ1n) is 13.8. The van der Waals surface area contributed by atoms with Crippen molar-refractivity contribution in [2.45, 2.75) is 56.4 Å². The monoisotopic (exact) mass is 524 g/mol. The molecule has 0 bridgehead atoms. The second kappa shape index (κ2) is 16.2. The molecule has 2 unspecified atom stereocenters. The summed E-state index contributed by atoms with van der Waals surface area (Å²) in [6, 6.07) is 45.5. The summed E-state index contributed by atoms with van der Waals surface area (Å²) in [6.07, 6.45) is 5.85. The third-order valence-corrected chi connectivity index (χ3v) is 9.70. The third kappa shape index (κ3) is 9.90. The summed E-state index contributed by atoms with van der Waals surface area (Å²) in [5, 5.41) is 0. The maximum absolute atomic E-state index is 6.55. The fourth-order valence-corrected chi connectivity index (χ4v) is 8.19. The van der Waals surface area contributed by atoms with Gasteiger partial charge in [0.2, 0.25) is 0 Å². The summed E-state index contributed by atoms with van der Waals surface area (Å²) in [7, 11) is -1.11. The van der Waals surface area contributed by atoms with E-state index in [1.165, 1.54) is 40.8 Å². The Morgan fingerprint density at radius 2 is 0.811 bits per heavy atom. The van der Waals surface area contributed by atoms with Gasteiger partial charge in [0.15, 0.2) is 19.5 Å². The number of rotatable bonds is 16. The van der Waals surface area contributed by atoms with Crippen molar-refractivity contribution >= 4 is 19.5 Å². The van der Waals surface area contributed by atoms with Gasteiger partial charge >= 0.3 is 0 Å². The van der Waals surface area contributed by atoms with Crippen LogP contribution in [0.25, 0.3) is 0 Å². The molecule has 0 aliphatic carbocycles. The molecule has 0 aliphatic heterocycles. The van der Waals surface area contributed by atoms with Crippen molar-refractivity contribution in [1.82, 2.24) is 0 Å². The highest BCUT2D eigenvalue weighted by Gasteiger charge is 2.13. The second-order valence-corrected chi connectivity index (χ2v) is 12.5. The molecule has 0 fully saturated rings. The molecule has 4 aromatic carbocycles. The van der Waals surface area contributed by atoms with Gasteiger partial charge in [-0.1, -0.05) is 128 Å². The van der Waals surface area contributed by atoms with Crippen molar-refractivity contribution in [3.8, 4) is 0 Å². The molecule has 2 atom stereocenters. The van der Waals surface area contributed by atoms with Crippen molar-refractivity contribution < 1.29 is 8.85 Å². The van der Waals surface area contributed by atoms with Crippen LogP contribution >= 0.6 is 0 Å². The predicted molar refractivity (Wildman–Crippen MR) is 161 cm³/mol. The average molecular weight is 525 g/mol. The van der Waals surface area contributed by atoms with Crippen molar-refractivity contribution in [3.63, 3.8) is 0 Å². The molecular weight excluding hydrogens is 485 g/mol. The van der Waals surface area contributed by atoms with Crippen molar-refractivity contribution in [1.29, 1.82) is 0 Å². The van der Waals surface area contributed by atoms with Crippen LogP contribution < -0.4 is 0 Å². The van der Waals surface area contributed by atoms with E-state index in [1.807, 2.05) is 0 Å². The second-order valence-electron chi connectivity index (χ2n) is 9.65. The molecule has 0 aromatic heterocycles. The lowest BCUT2D eigenvalue weighted by Gasteiger charge is -2.20. The molecule has 192 valence electrons. The summed E-state index contributed by atoms with van der Waals surface area (Å²) in [5.74, 6) is 0. The van der Waals surface area contributed by atoms with Gasteiger partial charge < -0.3 is 8.85 Å². The van der Waals surface area contributed by atoms with E-state index >= 15 is 0 Å². The molecule has 0 heterocycles. The Labute approximate surface area is 228 Å². The molecule has 0 saturated heterocycles. The van der Waals surface area contributed by atoms with Gasteiger partial charge in [0.25, 0.3) is 0 Å². The Morgan fingerprint density at radius 1 is 0.459 bits per heavy atom. The molecule has 4 heteroatoms. The van der Waals surface area contributed by atoms with E-state index in [1.54, 1.807) is 0 Å². The lowest BCUT2D eigenvalue weighted by Crippen LogP contribution is -2.11. The normalized spacial score (nSPS) is 13.4. The quantitative estimate of drug-likeness (QED) is 0.114. The van der Waals surface area contributed by atoms with E-state index in [-0.39, 0.29) is 12.2 Å². The predicted octanol–water partition coefficient (Wildman–Crippen LogP) is 7.16. The van der Waals surface area contributed by atoms with Crippen molar-refractivity contribution in [2.75, 3.05) is 0 Å². The van der Waals surface area contributed by atoms with Crippen molar-refractivity contribution in [3.05, 3.63) is 144 Å². The van der Waals surface area contributed by atoms with Gasteiger partial charge in [-0.05, 0) is 60.0 Å². The van der Waals surface area contributed by atoms with Gasteiger partial charge in [-0.3, -0.25) is 0 Å². The molecule has 4 rings (SSSR count). The Kier molecular flexibility index (Phi) is 11.9. The fraction of sp³-hybridized carbons (Fsp3) is 0.273. The maximum atomic E-state index is 6.55. The molecule has 0 spiro atoms. The van der Waals surface area contributed by atoms with Crippen molar-refractivity contribution in [2.24, 2.45) is 0 Å². The molecule has 0 saturated carbocycles. The number of aryl methyl sites for hydroxylation is 2. The van der Waals surface area contributed by atoms with Crippen LogP contribution in [-0.4, -0.2) is 19.5 Å². The summed E-state index contributed by atoms with van der Waals surface area (Å²) >= 11 is 0. The van der Waals surface area contributed by atoms with E-state index in [9.17, 15) is 0 Å².